The molecule has 0 radical (unpaired) electrons. The van der Waals surface area contributed by atoms with E-state index in [0.29, 0.717) is 12.8 Å². The third kappa shape index (κ3) is 5.12. The van der Waals surface area contributed by atoms with E-state index < -0.39 is 0 Å². The normalized spacial score (nSPS) is 14.2. The van der Waals surface area contributed by atoms with Gasteiger partial charge in [-0.15, -0.1) is 13.2 Å². The molecule has 0 heterocycles. The van der Waals surface area contributed by atoms with Gasteiger partial charge in [0.05, 0.1) is 0 Å². The third-order valence-electron chi connectivity index (χ3n) is 2.78. The first-order valence-electron chi connectivity index (χ1n) is 5.69. The van der Waals surface area contributed by atoms with Crippen molar-refractivity contribution in [1.82, 2.24) is 5.32 Å². The first-order valence-corrected chi connectivity index (χ1v) is 5.69. The molecule has 0 aliphatic carbocycles. The number of carbonyl (C=O) groups excluding carboxylic acids is 1. The lowest BCUT2D eigenvalue weighted by Gasteiger charge is -2.22. The van der Waals surface area contributed by atoms with E-state index in [0.717, 1.165) is 0 Å². The van der Waals surface area contributed by atoms with Gasteiger partial charge in [-0.1, -0.05) is 19.1 Å². The topological polar surface area (TPSA) is 49.3 Å². The Morgan fingerprint density at radius 3 is 2.19 bits per heavy atom. The smallest absolute Gasteiger partial charge is 0.223 e. The minimum absolute atomic E-state index is 0.00704. The molecule has 0 saturated carbocycles. The highest BCUT2D eigenvalue weighted by atomic mass is 16.3. The maximum atomic E-state index is 11.9. The van der Waals surface area contributed by atoms with Gasteiger partial charge in [0.15, 0.2) is 0 Å². The highest BCUT2D eigenvalue weighted by Gasteiger charge is 2.19. The molecular formula is C13H23NO2. The summed E-state index contributed by atoms with van der Waals surface area (Å²) in [7, 11) is 0. The van der Waals surface area contributed by atoms with Crippen LogP contribution in [0.25, 0.3) is 0 Å². The van der Waals surface area contributed by atoms with Crippen LogP contribution in [-0.4, -0.2) is 23.7 Å². The molecule has 0 aromatic carbocycles. The van der Waals surface area contributed by atoms with Crippen molar-refractivity contribution < 1.29 is 9.90 Å². The van der Waals surface area contributed by atoms with Gasteiger partial charge in [-0.2, -0.15) is 0 Å². The van der Waals surface area contributed by atoms with Gasteiger partial charge in [-0.25, -0.2) is 0 Å². The van der Waals surface area contributed by atoms with Gasteiger partial charge >= 0.3 is 0 Å². The van der Waals surface area contributed by atoms with Crippen molar-refractivity contribution in [3.8, 4) is 0 Å². The minimum atomic E-state index is -0.0941. The molecule has 2 atom stereocenters. The summed E-state index contributed by atoms with van der Waals surface area (Å²) in [6.45, 7) is 11.2. The Balaban J connectivity index is 4.28. The van der Waals surface area contributed by atoms with Crippen molar-refractivity contribution in [2.45, 2.75) is 32.7 Å². The molecule has 0 aromatic rings. The van der Waals surface area contributed by atoms with E-state index in [2.05, 4.69) is 18.5 Å². The quantitative estimate of drug-likeness (QED) is 0.620. The van der Waals surface area contributed by atoms with E-state index in [1.165, 1.54) is 0 Å². The Hall–Kier alpha value is -1.09. The van der Waals surface area contributed by atoms with Crippen molar-refractivity contribution in [3.05, 3.63) is 25.3 Å². The van der Waals surface area contributed by atoms with Crippen molar-refractivity contribution >= 4 is 5.91 Å². The van der Waals surface area contributed by atoms with Gasteiger partial charge in [0.1, 0.15) is 0 Å². The number of allylic oxidation sites excluding steroid dienone is 2. The molecule has 0 aromatic heterocycles. The van der Waals surface area contributed by atoms with Gasteiger partial charge in [-0.3, -0.25) is 4.79 Å². The molecule has 3 nitrogen and oxygen atoms in total. The van der Waals surface area contributed by atoms with Crippen LogP contribution in [0.3, 0.4) is 0 Å². The zero-order chi connectivity index (χ0) is 12.6. The fourth-order valence-electron chi connectivity index (χ4n) is 1.36. The summed E-state index contributed by atoms with van der Waals surface area (Å²) in [5, 5.41) is 11.9. The summed E-state index contributed by atoms with van der Waals surface area (Å²) in [5.74, 6) is -0.0204. The molecule has 0 spiro atoms. The minimum Gasteiger partial charge on any atom is -0.396 e. The zero-order valence-electron chi connectivity index (χ0n) is 10.3. The standard InChI is InChI=1S/C13H23NO2/c1-5-7-12(8-6-2)13(16)14-11(4)10(3)9-15/h5-6,10-12,15H,1-2,7-9H2,3-4H3,(H,14,16). The SMILES string of the molecule is C=CCC(CC=C)C(=O)NC(C)C(C)CO. The largest absolute Gasteiger partial charge is 0.396 e. The van der Waals surface area contributed by atoms with Crippen molar-refractivity contribution in [3.63, 3.8) is 0 Å². The Morgan fingerprint density at radius 1 is 1.31 bits per heavy atom. The van der Waals surface area contributed by atoms with E-state index in [4.69, 9.17) is 5.11 Å². The second-order valence-corrected chi connectivity index (χ2v) is 4.20. The molecule has 2 unspecified atom stereocenters. The molecule has 0 rings (SSSR count). The Labute approximate surface area is 98.2 Å². The molecule has 1 amide bonds. The summed E-state index contributed by atoms with van der Waals surface area (Å²) in [6, 6.07) is -0.0189. The van der Waals surface area contributed by atoms with E-state index in [1.807, 2.05) is 13.8 Å². The molecule has 3 heteroatoms. The van der Waals surface area contributed by atoms with Gasteiger partial charge in [-0.05, 0) is 25.7 Å². The van der Waals surface area contributed by atoms with Gasteiger partial charge < -0.3 is 10.4 Å². The molecule has 0 saturated heterocycles. The first-order chi connectivity index (χ1) is 7.56. The Kier molecular flexibility index (Phi) is 7.56. The lowest BCUT2D eigenvalue weighted by molar-refractivity contribution is -0.125. The van der Waals surface area contributed by atoms with Gasteiger partial charge in [0.25, 0.3) is 0 Å². The molecule has 16 heavy (non-hydrogen) atoms. The predicted octanol–water partition coefficient (Wildman–Crippen LogP) is 1.89. The van der Waals surface area contributed by atoms with Gasteiger partial charge in [0.2, 0.25) is 5.91 Å². The maximum Gasteiger partial charge on any atom is 0.223 e. The summed E-state index contributed by atoms with van der Waals surface area (Å²) >= 11 is 0. The molecule has 0 aliphatic rings. The van der Waals surface area contributed by atoms with Crippen LogP contribution in [0.1, 0.15) is 26.7 Å². The molecule has 2 N–H and O–H groups in total. The zero-order valence-corrected chi connectivity index (χ0v) is 10.3. The number of aliphatic hydroxyl groups excluding tert-OH is 1. The van der Waals surface area contributed by atoms with E-state index in [-0.39, 0.29) is 30.4 Å². The van der Waals surface area contributed by atoms with E-state index in [1.54, 1.807) is 12.2 Å². The van der Waals surface area contributed by atoms with Gasteiger partial charge in [0, 0.05) is 18.6 Å². The molecule has 92 valence electrons. The Bertz CT molecular complexity index is 228. The molecule has 0 fully saturated rings. The highest BCUT2D eigenvalue weighted by molar-refractivity contribution is 5.79. The average molecular weight is 225 g/mol. The van der Waals surface area contributed by atoms with Crippen molar-refractivity contribution in [1.29, 1.82) is 0 Å². The third-order valence-corrected chi connectivity index (χ3v) is 2.78. The number of amides is 1. The summed E-state index contributed by atoms with van der Waals surface area (Å²) in [4.78, 5) is 11.9. The second-order valence-electron chi connectivity index (χ2n) is 4.20. The van der Waals surface area contributed by atoms with Crippen LogP contribution in [-0.2, 0) is 4.79 Å². The number of nitrogens with one attached hydrogen (secondary N) is 1. The lowest BCUT2D eigenvalue weighted by Crippen LogP contribution is -2.41. The number of aliphatic hydroxyl groups is 1. The van der Waals surface area contributed by atoms with Crippen LogP contribution in [0.2, 0.25) is 0 Å². The summed E-state index contributed by atoms with van der Waals surface area (Å²) in [6.07, 6.45) is 4.79. The molecule has 0 bridgehead atoms. The fourth-order valence-corrected chi connectivity index (χ4v) is 1.36. The van der Waals surface area contributed by atoms with Crippen LogP contribution in [0.5, 0.6) is 0 Å². The number of hydrogen-bond donors (Lipinski definition) is 2. The second kappa shape index (κ2) is 8.11. The number of rotatable bonds is 8. The fraction of sp³-hybridized carbons (Fsp3) is 0.615. The van der Waals surface area contributed by atoms with Crippen LogP contribution >= 0.6 is 0 Å². The van der Waals surface area contributed by atoms with E-state index in [9.17, 15) is 4.79 Å². The van der Waals surface area contributed by atoms with Crippen LogP contribution < -0.4 is 5.32 Å². The molecule has 0 aliphatic heterocycles. The summed E-state index contributed by atoms with van der Waals surface area (Å²) in [5.41, 5.74) is 0. The van der Waals surface area contributed by atoms with E-state index >= 15 is 0 Å². The maximum absolute atomic E-state index is 11.9. The monoisotopic (exact) mass is 225 g/mol. The molecular weight excluding hydrogens is 202 g/mol. The van der Waals surface area contributed by atoms with Crippen molar-refractivity contribution in [2.75, 3.05) is 6.61 Å². The highest BCUT2D eigenvalue weighted by Crippen LogP contribution is 2.11. The van der Waals surface area contributed by atoms with Crippen molar-refractivity contribution in [2.24, 2.45) is 11.8 Å². The van der Waals surface area contributed by atoms with Crippen LogP contribution in [0.4, 0.5) is 0 Å². The average Bonchev–Trinajstić information content (AvgIpc) is 2.27. The predicted molar refractivity (Wildman–Crippen MR) is 67.0 cm³/mol. The summed E-state index contributed by atoms with van der Waals surface area (Å²) < 4.78 is 0. The number of carbonyl (C=O) groups is 1. The number of hydrogen-bond acceptors (Lipinski definition) is 2. The van der Waals surface area contributed by atoms with Crippen LogP contribution in [0.15, 0.2) is 25.3 Å². The first kappa shape index (κ1) is 14.9. The lowest BCUT2D eigenvalue weighted by atomic mass is 9.98. The Morgan fingerprint density at radius 2 is 1.81 bits per heavy atom. The van der Waals surface area contributed by atoms with Crippen LogP contribution in [0, 0.1) is 11.8 Å².